The van der Waals surface area contributed by atoms with E-state index in [-0.39, 0.29) is 5.65 Å². The molecule has 1 aliphatic heterocycles. The number of hydrogen-bond donors (Lipinski definition) is 0. The Labute approximate surface area is 147 Å². The van der Waals surface area contributed by atoms with Crippen LogP contribution in [0.5, 0.6) is 0 Å². The van der Waals surface area contributed by atoms with Crippen molar-refractivity contribution in [2.24, 2.45) is 0 Å². The van der Waals surface area contributed by atoms with Crippen LogP contribution in [0.4, 0.5) is 19.0 Å². The molecular weight excluding hydrogens is 349 g/mol. The second-order valence-corrected chi connectivity index (χ2v) is 6.30. The fourth-order valence-electron chi connectivity index (χ4n) is 3.11. The Balaban J connectivity index is 1.49. The molecule has 138 valence electrons. The van der Waals surface area contributed by atoms with Crippen LogP contribution in [0.1, 0.15) is 17.1 Å². The number of aryl methyl sites for hydroxylation is 1. The molecule has 0 spiro atoms. The molecule has 0 N–H and O–H groups in total. The third-order valence-electron chi connectivity index (χ3n) is 4.38. The molecule has 0 bridgehead atoms. The van der Waals surface area contributed by atoms with Gasteiger partial charge in [0.05, 0.1) is 5.69 Å². The smallest absolute Gasteiger partial charge is 0.361 e. The lowest BCUT2D eigenvalue weighted by Gasteiger charge is -2.34. The van der Waals surface area contributed by atoms with Gasteiger partial charge in [-0.15, -0.1) is 0 Å². The van der Waals surface area contributed by atoms with E-state index in [1.54, 1.807) is 0 Å². The topological polar surface area (TPSA) is 62.7 Å². The molecule has 3 aromatic rings. The number of rotatable bonds is 3. The van der Waals surface area contributed by atoms with Gasteiger partial charge in [-0.05, 0) is 6.92 Å². The summed E-state index contributed by atoms with van der Waals surface area (Å²) in [6.45, 7) is 5.34. The van der Waals surface area contributed by atoms with Gasteiger partial charge in [-0.2, -0.15) is 13.2 Å². The van der Waals surface area contributed by atoms with E-state index in [4.69, 9.17) is 4.52 Å². The zero-order valence-corrected chi connectivity index (χ0v) is 14.1. The van der Waals surface area contributed by atoms with Crippen molar-refractivity contribution in [2.45, 2.75) is 19.6 Å². The average molecular weight is 366 g/mol. The number of hydrogen-bond acceptors (Lipinski definition) is 6. The quantitative estimate of drug-likeness (QED) is 0.709. The van der Waals surface area contributed by atoms with Gasteiger partial charge in [0.1, 0.15) is 5.76 Å². The molecule has 4 heterocycles. The van der Waals surface area contributed by atoms with Crippen molar-refractivity contribution in [1.29, 1.82) is 0 Å². The number of halogens is 3. The molecule has 4 rings (SSSR count). The second-order valence-electron chi connectivity index (χ2n) is 6.30. The molecule has 7 nitrogen and oxygen atoms in total. The molecule has 1 aliphatic rings. The van der Waals surface area contributed by atoms with Crippen LogP contribution in [-0.2, 0) is 12.7 Å². The van der Waals surface area contributed by atoms with E-state index in [0.29, 0.717) is 25.5 Å². The standard InChI is InChI=1S/C16H17F3N6O/c1-11-8-12(22-26-11)9-23-4-6-24(7-5-23)14-15-21-13(16(17,18)19)10-25(15)3-2-20-14/h2-3,8,10H,4-7,9H2,1H3. The number of fused-ring (bicyclic) bond motifs is 1. The lowest BCUT2D eigenvalue weighted by atomic mass is 10.3. The zero-order valence-electron chi connectivity index (χ0n) is 14.1. The molecule has 0 aliphatic carbocycles. The Morgan fingerprint density at radius 2 is 1.96 bits per heavy atom. The number of alkyl halides is 3. The van der Waals surface area contributed by atoms with Crippen LogP contribution in [-0.4, -0.2) is 50.6 Å². The normalized spacial score (nSPS) is 16.5. The highest BCUT2D eigenvalue weighted by molar-refractivity contribution is 5.64. The molecule has 0 atom stereocenters. The maximum Gasteiger partial charge on any atom is 0.434 e. The lowest BCUT2D eigenvalue weighted by Crippen LogP contribution is -2.46. The first kappa shape index (κ1) is 16.8. The van der Waals surface area contributed by atoms with Gasteiger partial charge in [0.15, 0.2) is 17.2 Å². The summed E-state index contributed by atoms with van der Waals surface area (Å²) in [5.41, 5.74) is 0.187. The van der Waals surface area contributed by atoms with E-state index in [9.17, 15) is 13.2 Å². The first-order valence-corrected chi connectivity index (χ1v) is 8.20. The van der Waals surface area contributed by atoms with Crippen LogP contribution >= 0.6 is 0 Å². The summed E-state index contributed by atoms with van der Waals surface area (Å²) in [6, 6.07) is 1.90. The van der Waals surface area contributed by atoms with Crippen molar-refractivity contribution in [3.05, 3.63) is 41.8 Å². The monoisotopic (exact) mass is 366 g/mol. The lowest BCUT2D eigenvalue weighted by molar-refractivity contribution is -0.140. The molecular formula is C16H17F3N6O. The fourth-order valence-corrected chi connectivity index (χ4v) is 3.11. The van der Waals surface area contributed by atoms with Gasteiger partial charge in [-0.25, -0.2) is 9.97 Å². The maximum atomic E-state index is 12.9. The van der Waals surface area contributed by atoms with Gasteiger partial charge in [0.2, 0.25) is 0 Å². The fraction of sp³-hybridized carbons (Fsp3) is 0.438. The van der Waals surface area contributed by atoms with Gasteiger partial charge in [-0.3, -0.25) is 4.90 Å². The van der Waals surface area contributed by atoms with Crippen molar-refractivity contribution >= 4 is 11.5 Å². The van der Waals surface area contributed by atoms with E-state index in [1.807, 2.05) is 17.9 Å². The average Bonchev–Trinajstić information content (AvgIpc) is 3.21. The molecule has 0 saturated carbocycles. The highest BCUT2D eigenvalue weighted by Gasteiger charge is 2.34. The first-order valence-electron chi connectivity index (χ1n) is 8.20. The van der Waals surface area contributed by atoms with E-state index in [2.05, 4.69) is 20.0 Å². The Morgan fingerprint density at radius 3 is 2.62 bits per heavy atom. The minimum Gasteiger partial charge on any atom is -0.361 e. The largest absolute Gasteiger partial charge is 0.434 e. The van der Waals surface area contributed by atoms with E-state index in [0.717, 1.165) is 30.7 Å². The van der Waals surface area contributed by atoms with E-state index in [1.165, 1.54) is 16.8 Å². The zero-order chi connectivity index (χ0) is 18.3. The van der Waals surface area contributed by atoms with Gasteiger partial charge in [0, 0.05) is 57.4 Å². The Kier molecular flexibility index (Phi) is 4.06. The highest BCUT2D eigenvalue weighted by Crippen LogP contribution is 2.30. The summed E-state index contributed by atoms with van der Waals surface area (Å²) in [7, 11) is 0. The first-order chi connectivity index (χ1) is 12.4. The number of imidazole rings is 1. The van der Waals surface area contributed by atoms with Gasteiger partial charge in [0.25, 0.3) is 0 Å². The molecule has 1 fully saturated rings. The van der Waals surface area contributed by atoms with E-state index >= 15 is 0 Å². The minimum atomic E-state index is -4.47. The van der Waals surface area contributed by atoms with Crippen molar-refractivity contribution in [2.75, 3.05) is 31.1 Å². The Morgan fingerprint density at radius 1 is 1.19 bits per heavy atom. The molecule has 0 amide bonds. The SMILES string of the molecule is Cc1cc(CN2CCN(c3nccn4cc(C(F)(F)F)nc34)CC2)no1. The third-order valence-corrected chi connectivity index (χ3v) is 4.38. The number of piperazine rings is 1. The summed E-state index contributed by atoms with van der Waals surface area (Å²) >= 11 is 0. The van der Waals surface area contributed by atoms with Crippen molar-refractivity contribution in [1.82, 2.24) is 24.4 Å². The van der Waals surface area contributed by atoms with Crippen LogP contribution in [0.2, 0.25) is 0 Å². The van der Waals surface area contributed by atoms with Crippen LogP contribution in [0.25, 0.3) is 5.65 Å². The molecule has 10 heteroatoms. The highest BCUT2D eigenvalue weighted by atomic mass is 19.4. The van der Waals surface area contributed by atoms with Gasteiger partial charge in [-0.1, -0.05) is 5.16 Å². The molecule has 1 saturated heterocycles. The molecule has 3 aromatic heterocycles. The van der Waals surface area contributed by atoms with Crippen molar-refractivity contribution in [3.63, 3.8) is 0 Å². The second kappa shape index (κ2) is 6.27. The predicted molar refractivity (Wildman–Crippen MR) is 86.7 cm³/mol. The van der Waals surface area contributed by atoms with Crippen LogP contribution in [0.15, 0.2) is 29.2 Å². The maximum absolute atomic E-state index is 12.9. The summed E-state index contributed by atoms with van der Waals surface area (Å²) < 4.78 is 45.2. The molecule has 0 aromatic carbocycles. The number of aromatic nitrogens is 4. The van der Waals surface area contributed by atoms with Crippen LogP contribution in [0.3, 0.4) is 0 Å². The number of nitrogens with zero attached hydrogens (tertiary/aromatic N) is 6. The van der Waals surface area contributed by atoms with E-state index < -0.39 is 11.9 Å². The van der Waals surface area contributed by atoms with Crippen LogP contribution in [0, 0.1) is 6.92 Å². The molecule has 26 heavy (non-hydrogen) atoms. The van der Waals surface area contributed by atoms with Crippen molar-refractivity contribution in [3.8, 4) is 0 Å². The Hall–Kier alpha value is -2.62. The van der Waals surface area contributed by atoms with Crippen LogP contribution < -0.4 is 4.90 Å². The predicted octanol–water partition coefficient (Wildman–Crippen LogP) is 2.37. The third kappa shape index (κ3) is 3.24. The summed E-state index contributed by atoms with van der Waals surface area (Å²) in [4.78, 5) is 12.2. The van der Waals surface area contributed by atoms with Gasteiger partial charge >= 0.3 is 6.18 Å². The summed E-state index contributed by atoms with van der Waals surface area (Å²) in [5.74, 6) is 1.24. The summed E-state index contributed by atoms with van der Waals surface area (Å²) in [5, 5.41) is 3.99. The summed E-state index contributed by atoms with van der Waals surface area (Å²) in [6.07, 6.45) is -0.514. The number of anilines is 1. The molecule has 0 radical (unpaired) electrons. The Bertz CT molecular complexity index is 910. The molecule has 0 unspecified atom stereocenters. The minimum absolute atomic E-state index is 0.223. The van der Waals surface area contributed by atoms with Gasteiger partial charge < -0.3 is 13.8 Å². The van der Waals surface area contributed by atoms with Crippen molar-refractivity contribution < 1.29 is 17.7 Å².